The number of nitrogens with one attached hydrogen (secondary N) is 1. The van der Waals surface area contributed by atoms with E-state index < -0.39 is 5.66 Å². The number of rotatable bonds is 0. The Kier molecular flexibility index (Phi) is 1.86. The maximum Gasteiger partial charge on any atom is 0.263 e. The Balaban J connectivity index is 2.49. The zero-order chi connectivity index (χ0) is 12.0. The monoisotopic (exact) mass is 228 g/mol. The Bertz CT molecular complexity index is 684. The molecule has 1 N–H and O–H groups in total. The van der Waals surface area contributed by atoms with Crippen LogP contribution in [0.1, 0.15) is 19.7 Å². The van der Waals surface area contributed by atoms with Gasteiger partial charge in [0.05, 0.1) is 17.1 Å². The molecule has 17 heavy (non-hydrogen) atoms. The van der Waals surface area contributed by atoms with Crippen LogP contribution in [0.4, 0.5) is 0 Å². The van der Waals surface area contributed by atoms with Crippen LogP contribution in [0.25, 0.3) is 10.9 Å². The van der Waals surface area contributed by atoms with Crippen LogP contribution < -0.4 is 11.0 Å². The van der Waals surface area contributed by atoms with Crippen LogP contribution in [0.2, 0.25) is 0 Å². The quantitative estimate of drug-likeness (QED) is 0.732. The number of para-hydroxylation sites is 1. The first kappa shape index (κ1) is 10.0. The zero-order valence-corrected chi connectivity index (χ0v) is 9.64. The minimum atomic E-state index is -0.557. The van der Waals surface area contributed by atoms with Gasteiger partial charge in [-0.2, -0.15) is 5.10 Å². The fraction of sp³-hybridized carbons (Fsp3) is 0.250. The maximum atomic E-state index is 12.4. The van der Waals surface area contributed by atoms with Crippen molar-refractivity contribution >= 4 is 17.1 Å². The summed E-state index contributed by atoms with van der Waals surface area (Å²) in [6, 6.07) is 7.34. The molecule has 1 aliphatic heterocycles. The molecule has 2 aromatic rings. The lowest BCUT2D eigenvalue weighted by Crippen LogP contribution is -2.49. The van der Waals surface area contributed by atoms with Gasteiger partial charge in [0.2, 0.25) is 0 Å². The number of nitrogens with zero attached hydrogens (tertiary/aromatic N) is 3. The number of hydrazone groups is 1. The van der Waals surface area contributed by atoms with Crippen molar-refractivity contribution in [3.05, 3.63) is 40.4 Å². The van der Waals surface area contributed by atoms with Crippen LogP contribution in [0, 0.1) is 0 Å². The van der Waals surface area contributed by atoms with Gasteiger partial charge in [0, 0.05) is 0 Å². The Morgan fingerprint density at radius 2 is 2.06 bits per heavy atom. The van der Waals surface area contributed by atoms with E-state index in [0.29, 0.717) is 16.7 Å². The van der Waals surface area contributed by atoms with E-state index in [2.05, 4.69) is 15.5 Å². The molecule has 0 amide bonds. The lowest BCUT2D eigenvalue weighted by Gasteiger charge is -2.31. The molecule has 0 bridgehead atoms. The lowest BCUT2D eigenvalue weighted by atomic mass is 10.2. The van der Waals surface area contributed by atoms with Gasteiger partial charge in [-0.25, -0.2) is 4.98 Å². The van der Waals surface area contributed by atoms with Gasteiger partial charge in [-0.15, -0.1) is 0 Å². The zero-order valence-electron chi connectivity index (χ0n) is 9.64. The van der Waals surface area contributed by atoms with Crippen molar-refractivity contribution in [1.82, 2.24) is 15.0 Å². The summed E-state index contributed by atoms with van der Waals surface area (Å²) in [4.78, 5) is 16.9. The highest BCUT2D eigenvalue weighted by Gasteiger charge is 2.27. The minimum absolute atomic E-state index is 0.0470. The van der Waals surface area contributed by atoms with Gasteiger partial charge in [-0.3, -0.25) is 14.8 Å². The van der Waals surface area contributed by atoms with E-state index in [9.17, 15) is 4.79 Å². The van der Waals surface area contributed by atoms with Gasteiger partial charge in [-0.1, -0.05) is 12.1 Å². The van der Waals surface area contributed by atoms with Crippen molar-refractivity contribution in [2.45, 2.75) is 19.5 Å². The van der Waals surface area contributed by atoms with Gasteiger partial charge in [0.1, 0.15) is 5.66 Å². The molecule has 0 radical (unpaired) electrons. The number of benzene rings is 1. The van der Waals surface area contributed by atoms with E-state index in [0.717, 1.165) is 0 Å². The number of hydrogen-bond donors (Lipinski definition) is 1. The summed E-state index contributed by atoms with van der Waals surface area (Å²) in [6.45, 7) is 3.79. The molecule has 3 rings (SSSR count). The molecule has 5 nitrogen and oxygen atoms in total. The van der Waals surface area contributed by atoms with E-state index in [1.165, 1.54) is 0 Å². The predicted molar refractivity (Wildman–Crippen MR) is 66.1 cm³/mol. The molecule has 0 unspecified atom stereocenters. The Morgan fingerprint density at radius 1 is 1.29 bits per heavy atom. The molecule has 1 aromatic carbocycles. The van der Waals surface area contributed by atoms with Gasteiger partial charge in [0.25, 0.3) is 5.56 Å². The molecule has 0 fully saturated rings. The Hall–Kier alpha value is -2.17. The molecule has 0 atom stereocenters. The van der Waals surface area contributed by atoms with Crippen LogP contribution in [0.5, 0.6) is 0 Å². The van der Waals surface area contributed by atoms with Crippen LogP contribution in [-0.4, -0.2) is 15.8 Å². The fourth-order valence-electron chi connectivity index (χ4n) is 2.07. The molecule has 2 heterocycles. The molecule has 0 aliphatic carbocycles. The highest BCUT2D eigenvalue weighted by atomic mass is 16.1. The van der Waals surface area contributed by atoms with Gasteiger partial charge in [-0.05, 0) is 26.0 Å². The Labute approximate surface area is 97.8 Å². The average molecular weight is 228 g/mol. The van der Waals surface area contributed by atoms with Crippen LogP contribution in [0.3, 0.4) is 0 Å². The van der Waals surface area contributed by atoms with Crippen molar-refractivity contribution in [1.29, 1.82) is 0 Å². The average Bonchev–Trinajstić information content (AvgIpc) is 2.28. The molecule has 0 spiro atoms. The van der Waals surface area contributed by atoms with Crippen molar-refractivity contribution in [2.75, 3.05) is 0 Å². The summed E-state index contributed by atoms with van der Waals surface area (Å²) in [5, 5.41) is 4.65. The third-order valence-electron chi connectivity index (χ3n) is 2.88. The first-order chi connectivity index (χ1) is 8.09. The topological polar surface area (TPSA) is 59.3 Å². The first-order valence-corrected chi connectivity index (χ1v) is 5.42. The summed E-state index contributed by atoms with van der Waals surface area (Å²) in [5.41, 5.74) is 3.01. The normalized spacial score (nSPS) is 16.6. The number of aromatic nitrogens is 2. The van der Waals surface area contributed by atoms with Gasteiger partial charge >= 0.3 is 0 Å². The number of fused-ring (bicyclic) bond motifs is 2. The van der Waals surface area contributed by atoms with Crippen molar-refractivity contribution < 1.29 is 0 Å². The van der Waals surface area contributed by atoms with Gasteiger partial charge in [0.15, 0.2) is 5.82 Å². The van der Waals surface area contributed by atoms with Crippen molar-refractivity contribution in [3.63, 3.8) is 0 Å². The van der Waals surface area contributed by atoms with Gasteiger partial charge < -0.3 is 0 Å². The molecule has 1 aliphatic rings. The second-order valence-corrected chi connectivity index (χ2v) is 4.56. The highest BCUT2D eigenvalue weighted by Crippen LogP contribution is 2.16. The molecule has 1 aromatic heterocycles. The molecule has 86 valence electrons. The third kappa shape index (κ3) is 1.35. The lowest BCUT2D eigenvalue weighted by molar-refractivity contribution is 0.261. The molecule has 5 heteroatoms. The fourth-order valence-corrected chi connectivity index (χ4v) is 2.07. The first-order valence-electron chi connectivity index (χ1n) is 5.42. The van der Waals surface area contributed by atoms with E-state index in [-0.39, 0.29) is 5.56 Å². The standard InChI is InChI=1S/C12H12N4O/c1-12(2)15-13-7-10-14-9-6-4-3-5-8(9)11(17)16(10)12/h3-7,15H,1-2H3. The molecule has 0 saturated carbocycles. The highest BCUT2D eigenvalue weighted by molar-refractivity contribution is 5.83. The summed E-state index contributed by atoms with van der Waals surface area (Å²) in [6.07, 6.45) is 1.57. The van der Waals surface area contributed by atoms with Crippen molar-refractivity contribution in [3.8, 4) is 0 Å². The third-order valence-corrected chi connectivity index (χ3v) is 2.88. The second kappa shape index (κ2) is 3.16. The maximum absolute atomic E-state index is 12.4. The Morgan fingerprint density at radius 3 is 2.88 bits per heavy atom. The van der Waals surface area contributed by atoms with Crippen LogP contribution in [0.15, 0.2) is 34.2 Å². The number of hydrogen-bond acceptors (Lipinski definition) is 4. The smallest absolute Gasteiger partial charge is 0.263 e. The summed E-state index contributed by atoms with van der Waals surface area (Å²) >= 11 is 0. The molecular weight excluding hydrogens is 216 g/mol. The SMILES string of the molecule is CC1(C)NN=Cc2nc3ccccc3c(=O)n21. The van der Waals surface area contributed by atoms with Crippen molar-refractivity contribution in [2.24, 2.45) is 5.10 Å². The second-order valence-electron chi connectivity index (χ2n) is 4.56. The van der Waals surface area contributed by atoms with Crippen LogP contribution >= 0.6 is 0 Å². The molecule has 0 saturated heterocycles. The van der Waals surface area contributed by atoms with E-state index >= 15 is 0 Å². The summed E-state index contributed by atoms with van der Waals surface area (Å²) < 4.78 is 1.63. The summed E-state index contributed by atoms with van der Waals surface area (Å²) in [7, 11) is 0. The summed E-state index contributed by atoms with van der Waals surface area (Å²) in [5.74, 6) is 0.581. The predicted octanol–water partition coefficient (Wildman–Crippen LogP) is 1.03. The largest absolute Gasteiger partial charge is 0.285 e. The van der Waals surface area contributed by atoms with Crippen LogP contribution in [-0.2, 0) is 5.66 Å². The molecular formula is C12H12N4O. The van der Waals surface area contributed by atoms with E-state index in [1.54, 1.807) is 16.8 Å². The van der Waals surface area contributed by atoms with E-state index in [4.69, 9.17) is 0 Å². The minimum Gasteiger partial charge on any atom is -0.285 e. The van der Waals surface area contributed by atoms with E-state index in [1.807, 2.05) is 32.0 Å².